The number of benzene rings is 1. The Morgan fingerprint density at radius 1 is 1.20 bits per heavy atom. The molecule has 3 aromatic rings. The van der Waals surface area contributed by atoms with Crippen molar-refractivity contribution in [3.63, 3.8) is 0 Å². The minimum atomic E-state index is 0.640. The van der Waals surface area contributed by atoms with Gasteiger partial charge in [0.25, 0.3) is 0 Å². The number of aromatic nitrogens is 2. The van der Waals surface area contributed by atoms with Crippen LogP contribution in [0.15, 0.2) is 36.5 Å². The third-order valence-electron chi connectivity index (χ3n) is 3.78. The van der Waals surface area contributed by atoms with Gasteiger partial charge in [-0.05, 0) is 24.5 Å². The first-order chi connectivity index (χ1) is 9.81. The summed E-state index contributed by atoms with van der Waals surface area (Å²) in [6, 6.07) is 10.4. The molecule has 2 heterocycles. The fraction of sp³-hybridized carbons (Fsp3) is 0.250. The highest BCUT2D eigenvalue weighted by Gasteiger charge is 2.29. The number of fused-ring (bicyclic) bond motifs is 1. The van der Waals surface area contributed by atoms with E-state index in [1.165, 1.54) is 34.4 Å². The van der Waals surface area contributed by atoms with Crippen LogP contribution in [0.2, 0.25) is 0 Å². The zero-order chi connectivity index (χ0) is 13.5. The molecule has 0 spiro atoms. The van der Waals surface area contributed by atoms with Gasteiger partial charge in [0, 0.05) is 28.8 Å². The zero-order valence-corrected chi connectivity index (χ0v) is 11.9. The molecule has 0 radical (unpaired) electrons. The maximum Gasteiger partial charge on any atom is 0.180 e. The number of para-hydroxylation sites is 1. The summed E-state index contributed by atoms with van der Waals surface area (Å²) in [6.45, 7) is 0. The molecule has 2 aromatic heterocycles. The largest absolute Gasteiger partial charge is 0.375 e. The van der Waals surface area contributed by atoms with Gasteiger partial charge < -0.3 is 5.73 Å². The van der Waals surface area contributed by atoms with Crippen molar-refractivity contribution in [2.45, 2.75) is 25.2 Å². The van der Waals surface area contributed by atoms with Crippen molar-refractivity contribution in [3.05, 3.63) is 52.7 Å². The maximum absolute atomic E-state index is 5.90. The summed E-state index contributed by atoms with van der Waals surface area (Å²) in [5.74, 6) is 0.640. The first-order valence-electron chi connectivity index (χ1n) is 6.89. The minimum Gasteiger partial charge on any atom is -0.375 e. The van der Waals surface area contributed by atoms with Crippen LogP contribution in [-0.4, -0.2) is 9.97 Å². The van der Waals surface area contributed by atoms with Gasteiger partial charge in [-0.3, -0.25) is 4.98 Å². The molecule has 100 valence electrons. The molecule has 2 N–H and O–H groups in total. The molecule has 0 unspecified atom stereocenters. The van der Waals surface area contributed by atoms with Gasteiger partial charge >= 0.3 is 0 Å². The smallest absolute Gasteiger partial charge is 0.180 e. The standard InChI is InChI=1S/C16H15N3S/c17-16-19-15(11-6-7-11)13(20-16)9-12-4-1-3-10-5-2-8-18-14(10)12/h1-5,8,11H,6-7,9H2,(H2,17,19). The molecule has 1 saturated carbocycles. The second-order valence-corrected chi connectivity index (χ2v) is 6.42. The lowest BCUT2D eigenvalue weighted by molar-refractivity contribution is 1.01. The number of anilines is 1. The van der Waals surface area contributed by atoms with Crippen LogP contribution < -0.4 is 5.73 Å². The fourth-order valence-electron chi connectivity index (χ4n) is 2.67. The average molecular weight is 281 g/mol. The SMILES string of the molecule is Nc1nc(C2CC2)c(Cc2cccc3cccnc23)s1. The van der Waals surface area contributed by atoms with E-state index < -0.39 is 0 Å². The molecule has 0 atom stereocenters. The van der Waals surface area contributed by atoms with E-state index in [9.17, 15) is 0 Å². The first kappa shape index (κ1) is 11.9. The van der Waals surface area contributed by atoms with Crippen LogP contribution in [0, 0.1) is 0 Å². The van der Waals surface area contributed by atoms with Gasteiger partial charge in [0.1, 0.15) is 0 Å². The van der Waals surface area contributed by atoms with E-state index in [1.54, 1.807) is 11.3 Å². The third kappa shape index (κ3) is 2.06. The van der Waals surface area contributed by atoms with E-state index in [2.05, 4.69) is 34.2 Å². The molecule has 0 bridgehead atoms. The number of hydrogen-bond acceptors (Lipinski definition) is 4. The highest BCUT2D eigenvalue weighted by Crippen LogP contribution is 2.43. The molecule has 1 aromatic carbocycles. The molecular weight excluding hydrogens is 266 g/mol. The van der Waals surface area contributed by atoms with Gasteiger partial charge in [0.2, 0.25) is 0 Å². The lowest BCUT2D eigenvalue weighted by Gasteiger charge is -2.05. The van der Waals surface area contributed by atoms with E-state index in [4.69, 9.17) is 5.73 Å². The number of pyridine rings is 1. The summed E-state index contributed by atoms with van der Waals surface area (Å²) < 4.78 is 0. The first-order valence-corrected chi connectivity index (χ1v) is 7.70. The normalized spacial score (nSPS) is 14.8. The monoisotopic (exact) mass is 281 g/mol. The summed E-state index contributed by atoms with van der Waals surface area (Å²) in [7, 11) is 0. The lowest BCUT2D eigenvalue weighted by atomic mass is 10.0. The molecule has 0 aliphatic heterocycles. The maximum atomic E-state index is 5.90. The van der Waals surface area contributed by atoms with Gasteiger partial charge in [0.05, 0.1) is 11.2 Å². The number of hydrogen-bond donors (Lipinski definition) is 1. The Balaban J connectivity index is 1.77. The van der Waals surface area contributed by atoms with Crippen LogP contribution in [0.1, 0.15) is 34.9 Å². The van der Waals surface area contributed by atoms with E-state index in [0.717, 1.165) is 11.9 Å². The molecule has 1 fully saturated rings. The quantitative estimate of drug-likeness (QED) is 0.795. The molecule has 1 aliphatic rings. The van der Waals surface area contributed by atoms with E-state index in [0.29, 0.717) is 11.0 Å². The number of thiazole rings is 1. The number of nitrogens with zero attached hydrogens (tertiary/aromatic N) is 2. The van der Waals surface area contributed by atoms with Crippen molar-refractivity contribution in [1.82, 2.24) is 9.97 Å². The molecule has 1 aliphatic carbocycles. The van der Waals surface area contributed by atoms with Gasteiger partial charge in [0.15, 0.2) is 5.13 Å². The van der Waals surface area contributed by atoms with Gasteiger partial charge in [-0.1, -0.05) is 24.3 Å². The fourth-order valence-corrected chi connectivity index (χ4v) is 3.61. The van der Waals surface area contributed by atoms with Crippen molar-refractivity contribution in [2.75, 3.05) is 5.73 Å². The summed E-state index contributed by atoms with van der Waals surface area (Å²) in [5.41, 5.74) is 9.47. The second-order valence-electron chi connectivity index (χ2n) is 5.30. The Kier molecular flexibility index (Phi) is 2.70. The molecule has 4 heteroatoms. The van der Waals surface area contributed by atoms with E-state index in [-0.39, 0.29) is 0 Å². The summed E-state index contributed by atoms with van der Waals surface area (Å²) in [4.78, 5) is 10.4. The number of rotatable bonds is 3. The van der Waals surface area contributed by atoms with Crippen LogP contribution >= 0.6 is 11.3 Å². The molecule has 4 rings (SSSR count). The van der Waals surface area contributed by atoms with Crippen molar-refractivity contribution >= 4 is 27.4 Å². The second kappa shape index (κ2) is 4.56. The molecule has 20 heavy (non-hydrogen) atoms. The van der Waals surface area contributed by atoms with Crippen molar-refractivity contribution in [1.29, 1.82) is 0 Å². The molecule has 3 nitrogen and oxygen atoms in total. The van der Waals surface area contributed by atoms with Crippen molar-refractivity contribution < 1.29 is 0 Å². The van der Waals surface area contributed by atoms with Crippen molar-refractivity contribution in [3.8, 4) is 0 Å². The third-order valence-corrected chi connectivity index (χ3v) is 4.68. The van der Waals surface area contributed by atoms with Crippen LogP contribution in [0.4, 0.5) is 5.13 Å². The van der Waals surface area contributed by atoms with Gasteiger partial charge in [-0.15, -0.1) is 11.3 Å². The average Bonchev–Trinajstić information content (AvgIpc) is 3.24. The Labute approximate surface area is 121 Å². The Morgan fingerprint density at radius 2 is 2.05 bits per heavy atom. The Morgan fingerprint density at radius 3 is 2.90 bits per heavy atom. The zero-order valence-electron chi connectivity index (χ0n) is 11.0. The Hall–Kier alpha value is -1.94. The summed E-state index contributed by atoms with van der Waals surface area (Å²) in [6.07, 6.45) is 5.25. The van der Waals surface area contributed by atoms with Gasteiger partial charge in [-0.25, -0.2) is 4.98 Å². The van der Waals surface area contributed by atoms with Crippen LogP contribution in [-0.2, 0) is 6.42 Å². The molecule has 0 amide bonds. The summed E-state index contributed by atoms with van der Waals surface area (Å²) >= 11 is 1.62. The van der Waals surface area contributed by atoms with E-state index in [1.807, 2.05) is 12.3 Å². The Bertz CT molecular complexity index is 769. The van der Waals surface area contributed by atoms with Crippen LogP contribution in [0.5, 0.6) is 0 Å². The highest BCUT2D eigenvalue weighted by atomic mass is 32.1. The number of nitrogens with two attached hydrogens (primary N) is 1. The topological polar surface area (TPSA) is 51.8 Å². The minimum absolute atomic E-state index is 0.640. The van der Waals surface area contributed by atoms with Crippen LogP contribution in [0.25, 0.3) is 10.9 Å². The lowest BCUT2D eigenvalue weighted by Crippen LogP contribution is -1.93. The molecular formula is C16H15N3S. The highest BCUT2D eigenvalue weighted by molar-refractivity contribution is 7.15. The summed E-state index contributed by atoms with van der Waals surface area (Å²) in [5, 5.41) is 1.88. The van der Waals surface area contributed by atoms with Gasteiger partial charge in [-0.2, -0.15) is 0 Å². The van der Waals surface area contributed by atoms with E-state index >= 15 is 0 Å². The molecule has 0 saturated heterocycles. The van der Waals surface area contributed by atoms with Crippen molar-refractivity contribution in [2.24, 2.45) is 0 Å². The van der Waals surface area contributed by atoms with Crippen LogP contribution in [0.3, 0.4) is 0 Å². The number of nitrogen functional groups attached to an aromatic ring is 1. The predicted molar refractivity (Wildman–Crippen MR) is 83.1 cm³/mol. The predicted octanol–water partition coefficient (Wildman–Crippen LogP) is 3.74.